The predicted molar refractivity (Wildman–Crippen MR) is 166 cm³/mol. The van der Waals surface area contributed by atoms with Crippen molar-refractivity contribution in [3.63, 3.8) is 0 Å². The van der Waals surface area contributed by atoms with Gasteiger partial charge >= 0.3 is 0 Å². The Hall–Kier alpha value is -3.38. The SMILES string of the molecule is COc1cc(C)c2[nH]ccc2c1CN1CCC2(CC(C#N)C2)C[C@H]1c1ccc(C(=O)N2CCN(C3CC3)[C@@H](CO)C2)cc1. The van der Waals surface area contributed by atoms with E-state index in [4.69, 9.17) is 4.74 Å². The number of ether oxygens (including phenoxy) is 1. The molecule has 4 fully saturated rings. The topological polar surface area (TPSA) is 95.8 Å². The molecule has 3 aromatic rings. The zero-order valence-electron chi connectivity index (χ0n) is 25.4. The summed E-state index contributed by atoms with van der Waals surface area (Å²) < 4.78 is 5.89. The summed E-state index contributed by atoms with van der Waals surface area (Å²) in [5.74, 6) is 1.14. The summed E-state index contributed by atoms with van der Waals surface area (Å²) in [6, 6.07) is 15.9. The van der Waals surface area contributed by atoms with Gasteiger partial charge < -0.3 is 19.7 Å². The number of amides is 1. The quantitative estimate of drug-likeness (QED) is 0.407. The molecule has 2 aliphatic carbocycles. The number of H-pyrrole nitrogens is 1. The molecule has 1 aromatic heterocycles. The number of fused-ring (bicyclic) bond motifs is 1. The molecule has 3 heterocycles. The second kappa shape index (κ2) is 11.3. The highest BCUT2D eigenvalue weighted by Crippen LogP contribution is 2.57. The van der Waals surface area contributed by atoms with Gasteiger partial charge in [0.05, 0.1) is 25.8 Å². The minimum atomic E-state index is 0.0291. The molecule has 4 aliphatic rings. The van der Waals surface area contributed by atoms with E-state index in [1.807, 2.05) is 23.2 Å². The van der Waals surface area contributed by atoms with E-state index < -0.39 is 0 Å². The summed E-state index contributed by atoms with van der Waals surface area (Å²) in [5.41, 5.74) is 5.67. The minimum absolute atomic E-state index is 0.0291. The number of likely N-dealkylation sites (tertiary alicyclic amines) is 1. The molecular weight excluding hydrogens is 538 g/mol. The van der Waals surface area contributed by atoms with Crippen LogP contribution in [0.3, 0.4) is 0 Å². The minimum Gasteiger partial charge on any atom is -0.496 e. The highest BCUT2D eigenvalue weighted by atomic mass is 16.5. The van der Waals surface area contributed by atoms with Crippen LogP contribution in [-0.4, -0.2) is 82.7 Å². The Balaban J connectivity index is 1.13. The third-order valence-corrected chi connectivity index (χ3v) is 10.8. The molecule has 0 unspecified atom stereocenters. The van der Waals surface area contributed by atoms with Crippen LogP contribution in [0.5, 0.6) is 5.75 Å². The van der Waals surface area contributed by atoms with Crippen LogP contribution in [0, 0.1) is 29.6 Å². The van der Waals surface area contributed by atoms with E-state index in [0.717, 1.165) is 56.6 Å². The van der Waals surface area contributed by atoms with E-state index in [1.54, 1.807) is 7.11 Å². The first-order valence-corrected chi connectivity index (χ1v) is 15.9. The molecule has 8 nitrogen and oxygen atoms in total. The van der Waals surface area contributed by atoms with E-state index >= 15 is 0 Å². The Morgan fingerprint density at radius 1 is 1.14 bits per heavy atom. The van der Waals surface area contributed by atoms with Gasteiger partial charge in [0.15, 0.2) is 0 Å². The third kappa shape index (κ3) is 5.22. The van der Waals surface area contributed by atoms with Gasteiger partial charge in [0.25, 0.3) is 5.91 Å². The number of hydrogen-bond acceptors (Lipinski definition) is 6. The van der Waals surface area contributed by atoms with E-state index in [0.29, 0.717) is 24.7 Å². The number of carbonyl (C=O) groups is 1. The lowest BCUT2D eigenvalue weighted by molar-refractivity contribution is -0.0298. The van der Waals surface area contributed by atoms with Crippen LogP contribution in [0.15, 0.2) is 42.6 Å². The van der Waals surface area contributed by atoms with Gasteiger partial charge in [0.2, 0.25) is 0 Å². The number of rotatable bonds is 7. The van der Waals surface area contributed by atoms with Gasteiger partial charge in [-0.2, -0.15) is 5.26 Å². The van der Waals surface area contributed by atoms with E-state index in [2.05, 4.69) is 52.0 Å². The molecule has 2 saturated heterocycles. The van der Waals surface area contributed by atoms with Crippen LogP contribution in [0.4, 0.5) is 0 Å². The zero-order chi connectivity index (χ0) is 29.7. The average molecular weight is 582 g/mol. The van der Waals surface area contributed by atoms with Crippen molar-refractivity contribution in [1.29, 1.82) is 5.26 Å². The maximum atomic E-state index is 13.5. The molecule has 2 aromatic carbocycles. The van der Waals surface area contributed by atoms with Gasteiger partial charge in [-0.25, -0.2) is 0 Å². The number of piperazine rings is 1. The van der Waals surface area contributed by atoms with Crippen molar-refractivity contribution in [2.45, 2.75) is 70.1 Å². The van der Waals surface area contributed by atoms with Crippen molar-refractivity contribution < 1.29 is 14.6 Å². The van der Waals surface area contributed by atoms with Gasteiger partial charge in [-0.3, -0.25) is 14.6 Å². The highest BCUT2D eigenvalue weighted by molar-refractivity contribution is 5.94. The Morgan fingerprint density at radius 2 is 1.93 bits per heavy atom. The first-order valence-electron chi connectivity index (χ1n) is 15.9. The van der Waals surface area contributed by atoms with Gasteiger partial charge in [-0.1, -0.05) is 12.1 Å². The fraction of sp³-hybridized carbons (Fsp3) is 0.543. The first kappa shape index (κ1) is 28.4. The molecule has 1 amide bonds. The number of hydrogen-bond donors (Lipinski definition) is 2. The number of nitriles is 1. The van der Waals surface area contributed by atoms with Crippen molar-refractivity contribution >= 4 is 16.8 Å². The molecule has 226 valence electrons. The number of nitrogens with one attached hydrogen (secondary N) is 1. The average Bonchev–Trinajstić information content (AvgIpc) is 3.75. The van der Waals surface area contributed by atoms with E-state index in [1.165, 1.54) is 34.9 Å². The van der Waals surface area contributed by atoms with Crippen LogP contribution in [-0.2, 0) is 6.54 Å². The number of carbonyl (C=O) groups excluding carboxylic acids is 1. The molecule has 2 saturated carbocycles. The number of aliphatic hydroxyl groups excluding tert-OH is 1. The summed E-state index contributed by atoms with van der Waals surface area (Å²) in [7, 11) is 1.75. The normalized spacial score (nSPS) is 28.1. The fourth-order valence-corrected chi connectivity index (χ4v) is 8.26. The lowest BCUT2D eigenvalue weighted by atomic mass is 9.56. The molecule has 2 atom stereocenters. The Morgan fingerprint density at radius 3 is 2.63 bits per heavy atom. The van der Waals surface area contributed by atoms with Gasteiger partial charge in [-0.05, 0) is 92.8 Å². The van der Waals surface area contributed by atoms with Crippen LogP contribution in [0.2, 0.25) is 0 Å². The maximum Gasteiger partial charge on any atom is 0.253 e. The monoisotopic (exact) mass is 581 g/mol. The maximum absolute atomic E-state index is 13.5. The lowest BCUT2D eigenvalue weighted by Crippen LogP contribution is -2.56. The lowest BCUT2D eigenvalue weighted by Gasteiger charge is -2.53. The summed E-state index contributed by atoms with van der Waals surface area (Å²) in [6.45, 7) is 6.05. The number of methoxy groups -OCH3 is 1. The molecular formula is C35H43N5O3. The number of nitrogens with zero attached hydrogens (tertiary/aromatic N) is 4. The molecule has 2 N–H and O–H groups in total. The first-order chi connectivity index (χ1) is 20.9. The summed E-state index contributed by atoms with van der Waals surface area (Å²) in [5, 5.41) is 20.7. The van der Waals surface area contributed by atoms with E-state index in [-0.39, 0.29) is 35.9 Å². The number of aromatic nitrogens is 1. The van der Waals surface area contributed by atoms with Crippen molar-refractivity contribution in [3.8, 4) is 11.8 Å². The van der Waals surface area contributed by atoms with Gasteiger partial charge in [-0.15, -0.1) is 0 Å². The number of benzene rings is 2. The Labute approximate surface area is 254 Å². The van der Waals surface area contributed by atoms with Crippen molar-refractivity contribution in [1.82, 2.24) is 19.7 Å². The number of aliphatic hydroxyl groups is 1. The molecule has 2 aliphatic heterocycles. The third-order valence-electron chi connectivity index (χ3n) is 10.8. The Kier molecular flexibility index (Phi) is 7.45. The van der Waals surface area contributed by atoms with Crippen LogP contribution in [0.25, 0.3) is 10.9 Å². The van der Waals surface area contributed by atoms with Crippen molar-refractivity contribution in [2.75, 3.05) is 39.9 Å². The van der Waals surface area contributed by atoms with Crippen LogP contribution < -0.4 is 4.74 Å². The highest BCUT2D eigenvalue weighted by Gasteiger charge is 2.49. The Bertz CT molecular complexity index is 1530. The number of piperidine rings is 1. The number of aromatic amines is 1. The smallest absolute Gasteiger partial charge is 0.253 e. The molecule has 43 heavy (non-hydrogen) atoms. The summed E-state index contributed by atoms with van der Waals surface area (Å²) in [6.07, 6.45) is 8.50. The standard InChI is InChI=1S/C35H43N5O3/c1-23-15-32(43-2)30(29-9-11-37-33(23)29)21-38-12-10-35(16-24(17-35)19-36)18-31(38)25-3-5-26(6-4-25)34(42)39-13-14-40(27-7-8-27)28(20-39)22-41/h3-6,9,11,15,24,27-28,31,37,41H,7-8,10,12-14,16-18,20-22H2,1-2H3/t24?,28-,31+,35?/m1/s1. The molecule has 7 rings (SSSR count). The second-order valence-electron chi connectivity index (χ2n) is 13.5. The molecule has 1 spiro atoms. The van der Waals surface area contributed by atoms with Crippen molar-refractivity contribution in [3.05, 3.63) is 64.8 Å². The molecule has 0 radical (unpaired) electrons. The van der Waals surface area contributed by atoms with E-state index in [9.17, 15) is 15.2 Å². The molecule has 8 heteroatoms. The molecule has 0 bridgehead atoms. The summed E-state index contributed by atoms with van der Waals surface area (Å²) in [4.78, 5) is 23.8. The van der Waals surface area contributed by atoms with Crippen molar-refractivity contribution in [2.24, 2.45) is 11.3 Å². The second-order valence-corrected chi connectivity index (χ2v) is 13.5. The van der Waals surface area contributed by atoms with Crippen LogP contribution in [0.1, 0.15) is 71.6 Å². The van der Waals surface area contributed by atoms with Gasteiger partial charge in [0.1, 0.15) is 5.75 Å². The number of aryl methyl sites for hydroxylation is 1. The zero-order valence-corrected chi connectivity index (χ0v) is 25.4. The fourth-order valence-electron chi connectivity index (χ4n) is 8.26. The van der Waals surface area contributed by atoms with Crippen LogP contribution >= 0.6 is 0 Å². The largest absolute Gasteiger partial charge is 0.496 e. The van der Waals surface area contributed by atoms with Gasteiger partial charge in [0, 0.05) is 72.4 Å². The predicted octanol–water partition coefficient (Wildman–Crippen LogP) is 5.02. The summed E-state index contributed by atoms with van der Waals surface area (Å²) >= 11 is 0.